The number of ketones is 1. The number of ether oxygens (including phenoxy) is 1. The van der Waals surface area contributed by atoms with E-state index in [1.807, 2.05) is 24.1 Å². The first-order valence-corrected chi connectivity index (χ1v) is 11.0. The summed E-state index contributed by atoms with van der Waals surface area (Å²) >= 11 is 8.90. The molecule has 0 saturated heterocycles. The molecular weight excluding hydrogens is 418 g/mol. The van der Waals surface area contributed by atoms with Crippen molar-refractivity contribution in [3.8, 4) is 0 Å². The summed E-state index contributed by atoms with van der Waals surface area (Å²) in [5, 5.41) is 7.31. The first kappa shape index (κ1) is 21.1. The largest absolute Gasteiger partial charge is 0.462 e. The van der Waals surface area contributed by atoms with E-state index in [4.69, 9.17) is 16.3 Å². The number of thioether (sulfide) groups is 2. The molecule has 0 bridgehead atoms. The van der Waals surface area contributed by atoms with Crippen LogP contribution in [0.1, 0.15) is 33.6 Å². The highest BCUT2D eigenvalue weighted by Crippen LogP contribution is 2.59. The quantitative estimate of drug-likeness (QED) is 0.597. The number of anilines is 1. The van der Waals surface area contributed by atoms with Crippen molar-refractivity contribution in [2.45, 2.75) is 37.9 Å². The third kappa shape index (κ3) is 3.65. The van der Waals surface area contributed by atoms with Crippen molar-refractivity contribution in [3.63, 3.8) is 0 Å². The van der Waals surface area contributed by atoms with E-state index in [0.29, 0.717) is 21.6 Å². The molecule has 28 heavy (non-hydrogen) atoms. The summed E-state index contributed by atoms with van der Waals surface area (Å²) in [6.45, 7) is 5.65. The van der Waals surface area contributed by atoms with Crippen molar-refractivity contribution in [1.82, 2.24) is 4.90 Å². The van der Waals surface area contributed by atoms with E-state index in [1.165, 1.54) is 30.4 Å². The molecule has 0 fully saturated rings. The van der Waals surface area contributed by atoms with E-state index in [2.05, 4.69) is 12.0 Å². The van der Waals surface area contributed by atoms with E-state index in [1.54, 1.807) is 24.1 Å². The van der Waals surface area contributed by atoms with Gasteiger partial charge in [-0.25, -0.2) is 9.80 Å². The molecule has 0 N–H and O–H groups in total. The van der Waals surface area contributed by atoms with E-state index in [9.17, 15) is 9.59 Å². The second-order valence-electron chi connectivity index (χ2n) is 6.31. The normalized spacial score (nSPS) is 21.5. The second kappa shape index (κ2) is 8.39. The fourth-order valence-corrected chi connectivity index (χ4v) is 6.13. The molecule has 0 saturated carbocycles. The molecule has 150 valence electrons. The van der Waals surface area contributed by atoms with Gasteiger partial charge in [-0.2, -0.15) is 5.10 Å². The first-order chi connectivity index (χ1) is 13.3. The minimum atomic E-state index is -0.821. The Labute approximate surface area is 178 Å². The van der Waals surface area contributed by atoms with E-state index in [-0.39, 0.29) is 11.8 Å². The molecule has 2 aliphatic heterocycles. The molecule has 0 aliphatic carbocycles. The second-order valence-corrected chi connectivity index (χ2v) is 9.35. The van der Waals surface area contributed by atoms with E-state index >= 15 is 0 Å². The van der Waals surface area contributed by atoms with Crippen LogP contribution in [0.25, 0.3) is 0 Å². The zero-order chi connectivity index (χ0) is 20.5. The predicted octanol–water partition coefficient (Wildman–Crippen LogP) is 4.66. The van der Waals surface area contributed by atoms with Crippen LogP contribution >= 0.6 is 35.1 Å². The van der Waals surface area contributed by atoms with Gasteiger partial charge in [0, 0.05) is 24.7 Å². The van der Waals surface area contributed by atoms with Crippen LogP contribution in [0.15, 0.2) is 40.0 Å². The molecule has 1 spiro atoms. The fraction of sp³-hybridized carbons (Fsp3) is 0.421. The lowest BCUT2D eigenvalue weighted by molar-refractivity contribution is -0.137. The van der Waals surface area contributed by atoms with Gasteiger partial charge in [0.25, 0.3) is 0 Å². The lowest BCUT2D eigenvalue weighted by atomic mass is 10.2. The Morgan fingerprint density at radius 3 is 2.64 bits per heavy atom. The van der Waals surface area contributed by atoms with Gasteiger partial charge in [0.05, 0.1) is 12.3 Å². The minimum absolute atomic E-state index is 0.121. The van der Waals surface area contributed by atoms with Crippen molar-refractivity contribution in [2.75, 3.05) is 18.7 Å². The Hall–Kier alpha value is -1.64. The number of benzene rings is 1. The number of rotatable bonds is 6. The summed E-state index contributed by atoms with van der Waals surface area (Å²) < 4.78 is 4.47. The molecule has 3 rings (SSSR count). The third-order valence-electron chi connectivity index (χ3n) is 4.32. The van der Waals surface area contributed by atoms with Gasteiger partial charge in [0.15, 0.2) is 10.8 Å². The van der Waals surface area contributed by atoms with Gasteiger partial charge in [0.1, 0.15) is 4.91 Å². The number of carbonyl (C=O) groups is 2. The number of allylic oxidation sites excluding steroid dienone is 1. The molecule has 0 aromatic heterocycles. The minimum Gasteiger partial charge on any atom is -0.462 e. The zero-order valence-electron chi connectivity index (χ0n) is 16.2. The molecule has 0 radical (unpaired) electrons. The maximum absolute atomic E-state index is 12.6. The summed E-state index contributed by atoms with van der Waals surface area (Å²) in [7, 11) is 1.92. The molecular formula is C19H22ClN3O3S2. The molecule has 1 aromatic rings. The van der Waals surface area contributed by atoms with Crippen LogP contribution < -0.4 is 5.01 Å². The summed E-state index contributed by atoms with van der Waals surface area (Å²) in [5.74, 6) is -0.466. The van der Waals surface area contributed by atoms with Crippen LogP contribution in [0.4, 0.5) is 5.69 Å². The molecule has 9 heteroatoms. The Morgan fingerprint density at radius 2 is 2.04 bits per heavy atom. The number of hydrogen-bond donors (Lipinski definition) is 0. The fourth-order valence-electron chi connectivity index (χ4n) is 3.05. The molecule has 2 heterocycles. The van der Waals surface area contributed by atoms with Crippen LogP contribution in [0.2, 0.25) is 5.02 Å². The smallest absolute Gasteiger partial charge is 0.346 e. The van der Waals surface area contributed by atoms with Gasteiger partial charge >= 0.3 is 5.97 Å². The highest BCUT2D eigenvalue weighted by molar-refractivity contribution is 8.28. The average Bonchev–Trinajstić information content (AvgIpc) is 3.17. The van der Waals surface area contributed by atoms with Gasteiger partial charge in [-0.1, -0.05) is 42.8 Å². The molecule has 1 atom stereocenters. The monoisotopic (exact) mass is 439 g/mol. The number of nitrogens with zero attached hydrogens (tertiary/aromatic N) is 3. The Balaban J connectivity index is 2.08. The third-order valence-corrected chi connectivity index (χ3v) is 7.64. The van der Waals surface area contributed by atoms with Crippen LogP contribution in [0.5, 0.6) is 0 Å². The van der Waals surface area contributed by atoms with Crippen molar-refractivity contribution in [1.29, 1.82) is 0 Å². The van der Waals surface area contributed by atoms with E-state index < -0.39 is 4.33 Å². The summed E-state index contributed by atoms with van der Waals surface area (Å²) in [6.07, 6.45) is 1.60. The molecule has 0 unspecified atom stereocenters. The maximum atomic E-state index is 12.6. The van der Waals surface area contributed by atoms with Gasteiger partial charge in [0.2, 0.25) is 4.33 Å². The standard InChI is InChI=1S/C19H22ClN3O3S2/c1-5-8-15-16(18(25)26-6-2)27-19(22(15)4)23(21-17(28-19)12(3)24)14-10-7-9-13(20)11-14/h7,9-11H,5-6,8H2,1-4H3/t19-/m0/s1. The molecule has 1 aromatic carbocycles. The Bertz CT molecular complexity index is 874. The Kier molecular flexibility index (Phi) is 6.31. The first-order valence-electron chi connectivity index (χ1n) is 9.01. The number of hydrazone groups is 1. The van der Waals surface area contributed by atoms with Crippen LogP contribution in [0, 0.1) is 0 Å². The Morgan fingerprint density at radius 1 is 1.29 bits per heavy atom. The van der Waals surface area contributed by atoms with Gasteiger partial charge < -0.3 is 9.64 Å². The van der Waals surface area contributed by atoms with Gasteiger partial charge in [-0.3, -0.25) is 4.79 Å². The maximum Gasteiger partial charge on any atom is 0.346 e. The van der Waals surface area contributed by atoms with Crippen molar-refractivity contribution in [3.05, 3.63) is 39.9 Å². The SMILES string of the molecule is CCCC1=C(C(=O)OCC)S[C@]2(SC(C(C)=O)=NN2c2cccc(Cl)c2)N1C. The van der Waals surface area contributed by atoms with E-state index in [0.717, 1.165) is 24.2 Å². The number of halogens is 1. The summed E-state index contributed by atoms with van der Waals surface area (Å²) in [6, 6.07) is 7.31. The lowest BCUT2D eigenvalue weighted by Gasteiger charge is -2.39. The number of esters is 1. The summed E-state index contributed by atoms with van der Waals surface area (Å²) in [4.78, 5) is 27.4. The van der Waals surface area contributed by atoms with Crippen molar-refractivity contribution >= 4 is 57.6 Å². The van der Waals surface area contributed by atoms with Crippen LogP contribution in [-0.4, -0.2) is 39.7 Å². The van der Waals surface area contributed by atoms with Crippen LogP contribution in [0.3, 0.4) is 0 Å². The van der Waals surface area contributed by atoms with Crippen molar-refractivity contribution < 1.29 is 14.3 Å². The highest BCUT2D eigenvalue weighted by atomic mass is 35.5. The lowest BCUT2D eigenvalue weighted by Crippen LogP contribution is -2.47. The van der Waals surface area contributed by atoms with Gasteiger partial charge in [-0.15, -0.1) is 0 Å². The number of hydrogen-bond acceptors (Lipinski definition) is 8. The molecule has 6 nitrogen and oxygen atoms in total. The van der Waals surface area contributed by atoms with Crippen LogP contribution in [-0.2, 0) is 14.3 Å². The van der Waals surface area contributed by atoms with Gasteiger partial charge in [-0.05, 0) is 43.3 Å². The zero-order valence-corrected chi connectivity index (χ0v) is 18.6. The molecule has 2 aliphatic rings. The van der Waals surface area contributed by atoms with Crippen molar-refractivity contribution in [2.24, 2.45) is 5.10 Å². The average molecular weight is 440 g/mol. The summed E-state index contributed by atoms with van der Waals surface area (Å²) in [5.41, 5.74) is 1.64. The molecule has 0 amide bonds. The topological polar surface area (TPSA) is 62.2 Å². The number of carbonyl (C=O) groups excluding carboxylic acids is 2. The highest BCUT2D eigenvalue weighted by Gasteiger charge is 2.56. The predicted molar refractivity (Wildman–Crippen MR) is 116 cm³/mol. The number of Topliss-reactive ketones (excluding diaryl/α,β-unsaturated/α-hetero) is 1.